The maximum Gasteiger partial charge on any atom is 0.191 e. The second-order valence-electron chi connectivity index (χ2n) is 4.76. The highest BCUT2D eigenvalue weighted by Gasteiger charge is 2.16. The Bertz CT molecular complexity index is 526. The summed E-state index contributed by atoms with van der Waals surface area (Å²) in [5.41, 5.74) is 2.34. The van der Waals surface area contributed by atoms with Gasteiger partial charge in [0.05, 0.1) is 6.54 Å². The zero-order valence-electron chi connectivity index (χ0n) is 11.3. The van der Waals surface area contributed by atoms with Gasteiger partial charge in [0.15, 0.2) is 5.96 Å². The maximum atomic E-state index is 4.50. The second kappa shape index (κ2) is 6.19. The van der Waals surface area contributed by atoms with Crippen molar-refractivity contribution in [3.8, 4) is 0 Å². The third kappa shape index (κ3) is 2.96. The van der Waals surface area contributed by atoms with Gasteiger partial charge >= 0.3 is 0 Å². The highest BCUT2D eigenvalue weighted by atomic mass is 15.2. The maximum absolute atomic E-state index is 4.50. The van der Waals surface area contributed by atoms with Crippen LogP contribution in [-0.2, 0) is 0 Å². The van der Waals surface area contributed by atoms with Crippen molar-refractivity contribution >= 4 is 5.96 Å². The molecule has 0 spiro atoms. The highest BCUT2D eigenvalue weighted by molar-refractivity contribution is 5.81. The Balaban J connectivity index is 1.80. The highest BCUT2D eigenvalue weighted by Crippen LogP contribution is 2.21. The standard InChI is InChI=1S/C16H18N4/c1-2-6-13(7-3-1)14(15-8-4-5-9-17-15)12-20-16-18-10-11-19-16/h1-9,14H,10-12H2,(H2,18,19,20). The number of rotatable bonds is 4. The first-order valence-electron chi connectivity index (χ1n) is 6.91. The molecule has 2 aromatic rings. The largest absolute Gasteiger partial charge is 0.355 e. The van der Waals surface area contributed by atoms with Crippen LogP contribution in [0, 0.1) is 0 Å². The number of guanidine groups is 1. The monoisotopic (exact) mass is 266 g/mol. The molecule has 102 valence electrons. The molecule has 1 aromatic heterocycles. The third-order valence-corrected chi connectivity index (χ3v) is 3.39. The van der Waals surface area contributed by atoms with Crippen molar-refractivity contribution in [2.24, 2.45) is 4.99 Å². The molecule has 1 aromatic carbocycles. The van der Waals surface area contributed by atoms with Crippen LogP contribution < -0.4 is 10.6 Å². The van der Waals surface area contributed by atoms with Crippen LogP contribution in [-0.4, -0.2) is 30.6 Å². The summed E-state index contributed by atoms with van der Waals surface area (Å²) in [6, 6.07) is 16.5. The second-order valence-corrected chi connectivity index (χ2v) is 4.76. The van der Waals surface area contributed by atoms with E-state index < -0.39 is 0 Å². The lowest BCUT2D eigenvalue weighted by Gasteiger charge is -2.18. The lowest BCUT2D eigenvalue weighted by molar-refractivity contribution is 0.725. The summed E-state index contributed by atoms with van der Waals surface area (Å²) >= 11 is 0. The predicted molar refractivity (Wildman–Crippen MR) is 80.8 cm³/mol. The Labute approximate surface area is 119 Å². The molecule has 0 amide bonds. The normalized spacial score (nSPS) is 15.3. The van der Waals surface area contributed by atoms with E-state index in [4.69, 9.17) is 0 Å². The molecule has 20 heavy (non-hydrogen) atoms. The molecule has 1 aliphatic rings. The van der Waals surface area contributed by atoms with Crippen LogP contribution in [0.25, 0.3) is 0 Å². The van der Waals surface area contributed by atoms with E-state index in [-0.39, 0.29) is 5.92 Å². The molecule has 4 heteroatoms. The van der Waals surface area contributed by atoms with Gasteiger partial charge in [-0.05, 0) is 17.7 Å². The predicted octanol–water partition coefficient (Wildman–Crippen LogP) is 1.76. The smallest absolute Gasteiger partial charge is 0.191 e. The van der Waals surface area contributed by atoms with Crippen molar-refractivity contribution in [1.82, 2.24) is 15.6 Å². The van der Waals surface area contributed by atoms with Gasteiger partial charge < -0.3 is 10.6 Å². The lowest BCUT2D eigenvalue weighted by atomic mass is 9.95. The topological polar surface area (TPSA) is 49.3 Å². The van der Waals surface area contributed by atoms with Gasteiger partial charge in [-0.25, -0.2) is 0 Å². The average molecular weight is 266 g/mol. The minimum absolute atomic E-state index is 0.225. The molecule has 1 aliphatic heterocycles. The summed E-state index contributed by atoms with van der Waals surface area (Å²) in [4.78, 5) is 8.87. The van der Waals surface area contributed by atoms with Gasteiger partial charge in [-0.2, -0.15) is 0 Å². The molecule has 1 unspecified atom stereocenters. The Morgan fingerprint density at radius 2 is 1.95 bits per heavy atom. The number of pyridine rings is 1. The molecule has 0 radical (unpaired) electrons. The average Bonchev–Trinajstić information content (AvgIpc) is 3.03. The van der Waals surface area contributed by atoms with Gasteiger partial charge in [0.25, 0.3) is 0 Å². The Morgan fingerprint density at radius 3 is 2.65 bits per heavy atom. The fraction of sp³-hybridized carbons (Fsp3) is 0.250. The van der Waals surface area contributed by atoms with Crippen LogP contribution in [0.4, 0.5) is 0 Å². The van der Waals surface area contributed by atoms with Crippen molar-refractivity contribution in [2.45, 2.75) is 5.92 Å². The molecule has 0 aliphatic carbocycles. The van der Waals surface area contributed by atoms with Gasteiger partial charge in [0, 0.05) is 30.9 Å². The molecule has 0 saturated carbocycles. The Morgan fingerprint density at radius 1 is 1.10 bits per heavy atom. The van der Waals surface area contributed by atoms with Crippen LogP contribution in [0.3, 0.4) is 0 Å². The fourth-order valence-corrected chi connectivity index (χ4v) is 2.38. The van der Waals surface area contributed by atoms with Crippen molar-refractivity contribution in [3.05, 3.63) is 66.0 Å². The molecule has 0 fully saturated rings. The first-order chi connectivity index (χ1) is 9.93. The van der Waals surface area contributed by atoms with Crippen LogP contribution in [0.15, 0.2) is 59.7 Å². The van der Waals surface area contributed by atoms with Crippen LogP contribution in [0.2, 0.25) is 0 Å². The van der Waals surface area contributed by atoms with E-state index in [1.807, 2.05) is 24.4 Å². The number of nitrogens with zero attached hydrogens (tertiary/aromatic N) is 2. The summed E-state index contributed by atoms with van der Waals surface area (Å²) in [5, 5.41) is 6.61. The Kier molecular flexibility index (Phi) is 3.92. The van der Waals surface area contributed by atoms with E-state index in [2.05, 4.69) is 50.9 Å². The summed E-state index contributed by atoms with van der Waals surface area (Å²) < 4.78 is 0. The van der Waals surface area contributed by atoms with E-state index >= 15 is 0 Å². The van der Waals surface area contributed by atoms with Crippen LogP contribution >= 0.6 is 0 Å². The van der Waals surface area contributed by atoms with Crippen molar-refractivity contribution in [2.75, 3.05) is 19.6 Å². The van der Waals surface area contributed by atoms with E-state index in [1.165, 1.54) is 5.56 Å². The van der Waals surface area contributed by atoms with Gasteiger partial charge in [-0.1, -0.05) is 36.4 Å². The van der Waals surface area contributed by atoms with E-state index in [9.17, 15) is 0 Å². The van der Waals surface area contributed by atoms with Gasteiger partial charge in [-0.15, -0.1) is 0 Å². The molecule has 0 bridgehead atoms. The number of hydrogen-bond donors (Lipinski definition) is 2. The van der Waals surface area contributed by atoms with Gasteiger partial charge in [0.1, 0.15) is 0 Å². The van der Waals surface area contributed by atoms with Gasteiger partial charge in [0.2, 0.25) is 0 Å². The van der Waals surface area contributed by atoms with E-state index in [0.29, 0.717) is 0 Å². The molecule has 2 N–H and O–H groups in total. The summed E-state index contributed by atoms with van der Waals surface area (Å²) in [5.74, 6) is 1.12. The van der Waals surface area contributed by atoms with Crippen LogP contribution in [0.1, 0.15) is 17.2 Å². The molecule has 0 saturated heterocycles. The van der Waals surface area contributed by atoms with Crippen molar-refractivity contribution in [1.29, 1.82) is 0 Å². The molecule has 1 atom stereocenters. The molecule has 2 heterocycles. The van der Waals surface area contributed by atoms with Crippen molar-refractivity contribution < 1.29 is 0 Å². The number of nitrogens with one attached hydrogen (secondary N) is 2. The summed E-state index contributed by atoms with van der Waals surface area (Å²) in [6.07, 6.45) is 1.84. The summed E-state index contributed by atoms with van der Waals surface area (Å²) in [6.45, 7) is 2.55. The first kappa shape index (κ1) is 12.7. The third-order valence-electron chi connectivity index (χ3n) is 3.39. The number of benzene rings is 1. The number of aromatic nitrogens is 1. The summed E-state index contributed by atoms with van der Waals surface area (Å²) in [7, 11) is 0. The molecular weight excluding hydrogens is 248 g/mol. The lowest BCUT2D eigenvalue weighted by Crippen LogP contribution is -2.36. The van der Waals surface area contributed by atoms with Gasteiger partial charge in [-0.3, -0.25) is 9.98 Å². The van der Waals surface area contributed by atoms with Crippen LogP contribution in [0.5, 0.6) is 0 Å². The zero-order valence-corrected chi connectivity index (χ0v) is 11.3. The zero-order chi connectivity index (χ0) is 13.6. The first-order valence-corrected chi connectivity index (χ1v) is 6.91. The molecule has 3 rings (SSSR count). The van der Waals surface area contributed by atoms with E-state index in [1.54, 1.807) is 0 Å². The Hall–Kier alpha value is -2.36. The minimum Gasteiger partial charge on any atom is -0.355 e. The molecular formula is C16H18N4. The minimum atomic E-state index is 0.225. The quantitative estimate of drug-likeness (QED) is 0.886. The fourth-order valence-electron chi connectivity index (χ4n) is 2.38. The SMILES string of the molecule is c1ccc(C(CNC2=NCCN2)c2ccccn2)cc1. The number of hydrogen-bond acceptors (Lipinski definition) is 4. The van der Waals surface area contributed by atoms with Crippen molar-refractivity contribution in [3.63, 3.8) is 0 Å². The van der Waals surface area contributed by atoms with E-state index in [0.717, 1.165) is 31.3 Å². The molecule has 4 nitrogen and oxygen atoms in total. The number of aliphatic imine (C=N–C) groups is 1.